The highest BCUT2D eigenvalue weighted by Crippen LogP contribution is 2.39. The molecule has 1 heterocycles. The Morgan fingerprint density at radius 1 is 1.29 bits per heavy atom. The van der Waals surface area contributed by atoms with Crippen molar-refractivity contribution in [3.05, 3.63) is 11.6 Å². The fourth-order valence-corrected chi connectivity index (χ4v) is 2.87. The lowest BCUT2D eigenvalue weighted by Crippen LogP contribution is -2.25. The Morgan fingerprint density at radius 2 is 1.94 bits per heavy atom. The minimum atomic E-state index is 0.218. The van der Waals surface area contributed by atoms with Crippen LogP contribution < -0.4 is 5.73 Å². The van der Waals surface area contributed by atoms with Crippen LogP contribution in [0.3, 0.4) is 0 Å². The van der Waals surface area contributed by atoms with Crippen LogP contribution in [0.1, 0.15) is 58.1 Å². The van der Waals surface area contributed by atoms with Crippen LogP contribution in [0.5, 0.6) is 0 Å². The normalized spacial score (nSPS) is 19.1. The molecule has 17 heavy (non-hydrogen) atoms. The number of hydrogen-bond donors (Lipinski definition) is 1. The number of hydrogen-bond acceptors (Lipinski definition) is 3. The molecule has 1 aliphatic carbocycles. The summed E-state index contributed by atoms with van der Waals surface area (Å²) < 4.78 is 2.26. The van der Waals surface area contributed by atoms with Gasteiger partial charge >= 0.3 is 0 Å². The van der Waals surface area contributed by atoms with E-state index in [0.717, 1.165) is 18.2 Å². The van der Waals surface area contributed by atoms with Gasteiger partial charge < -0.3 is 10.3 Å². The minimum Gasteiger partial charge on any atom is -0.324 e. The van der Waals surface area contributed by atoms with Crippen LogP contribution in [0.25, 0.3) is 0 Å². The summed E-state index contributed by atoms with van der Waals surface area (Å²) in [7, 11) is 0. The third-order valence-electron chi connectivity index (χ3n) is 3.80. The Morgan fingerprint density at radius 3 is 2.47 bits per heavy atom. The van der Waals surface area contributed by atoms with E-state index in [2.05, 4.69) is 35.5 Å². The van der Waals surface area contributed by atoms with Gasteiger partial charge in [0.1, 0.15) is 11.6 Å². The number of nitrogens with zero attached hydrogens (tertiary/aromatic N) is 3. The highest BCUT2D eigenvalue weighted by atomic mass is 15.3. The van der Waals surface area contributed by atoms with Crippen LogP contribution in [-0.4, -0.2) is 14.8 Å². The van der Waals surface area contributed by atoms with E-state index >= 15 is 0 Å². The van der Waals surface area contributed by atoms with Crippen LogP contribution >= 0.6 is 0 Å². The first-order chi connectivity index (χ1) is 8.07. The summed E-state index contributed by atoms with van der Waals surface area (Å²) in [6.07, 6.45) is 5.08. The molecular weight excluding hydrogens is 212 g/mol. The fraction of sp³-hybridized carbons (Fsp3) is 0.846. The molecule has 0 amide bonds. The Hall–Kier alpha value is -0.900. The van der Waals surface area contributed by atoms with Gasteiger partial charge in [0.15, 0.2) is 0 Å². The fourth-order valence-electron chi connectivity index (χ4n) is 2.87. The van der Waals surface area contributed by atoms with Crippen LogP contribution in [-0.2, 0) is 18.5 Å². The van der Waals surface area contributed by atoms with Gasteiger partial charge in [0.2, 0.25) is 0 Å². The van der Waals surface area contributed by atoms with E-state index in [0.29, 0.717) is 12.5 Å². The molecule has 0 unspecified atom stereocenters. The highest BCUT2D eigenvalue weighted by molar-refractivity contribution is 5.11. The van der Waals surface area contributed by atoms with Gasteiger partial charge in [-0.1, -0.05) is 33.6 Å². The van der Waals surface area contributed by atoms with Crippen LogP contribution in [0.4, 0.5) is 0 Å². The molecule has 2 rings (SSSR count). The molecule has 1 fully saturated rings. The van der Waals surface area contributed by atoms with Crippen molar-refractivity contribution in [2.75, 3.05) is 0 Å². The largest absolute Gasteiger partial charge is 0.324 e. The molecule has 0 atom stereocenters. The predicted molar refractivity (Wildman–Crippen MR) is 68.6 cm³/mol. The quantitative estimate of drug-likeness (QED) is 0.872. The maximum Gasteiger partial charge on any atom is 0.146 e. The average Bonchev–Trinajstić information content (AvgIpc) is 2.85. The van der Waals surface area contributed by atoms with Gasteiger partial charge in [-0.2, -0.15) is 0 Å². The zero-order chi connectivity index (χ0) is 12.5. The molecule has 0 bridgehead atoms. The summed E-state index contributed by atoms with van der Waals surface area (Å²) in [5.74, 6) is 2.69. The molecular formula is C13H24N4. The van der Waals surface area contributed by atoms with Crippen molar-refractivity contribution in [1.82, 2.24) is 14.8 Å². The lowest BCUT2D eigenvalue weighted by Gasteiger charge is -2.24. The van der Waals surface area contributed by atoms with E-state index in [1.54, 1.807) is 0 Å². The lowest BCUT2D eigenvalue weighted by atomic mass is 9.87. The maximum absolute atomic E-state index is 5.76. The van der Waals surface area contributed by atoms with Gasteiger partial charge in [-0.3, -0.25) is 0 Å². The summed E-state index contributed by atoms with van der Waals surface area (Å²) in [5.41, 5.74) is 5.98. The lowest BCUT2D eigenvalue weighted by molar-refractivity contribution is 0.403. The van der Waals surface area contributed by atoms with E-state index in [4.69, 9.17) is 5.73 Å². The first-order valence-corrected chi connectivity index (χ1v) is 6.69. The molecule has 0 aliphatic heterocycles. The summed E-state index contributed by atoms with van der Waals surface area (Å²) in [6, 6.07) is 0. The topological polar surface area (TPSA) is 56.7 Å². The molecule has 1 aromatic rings. The first-order valence-electron chi connectivity index (χ1n) is 6.69. The molecule has 0 aromatic carbocycles. The molecule has 1 saturated carbocycles. The van der Waals surface area contributed by atoms with Crippen molar-refractivity contribution in [1.29, 1.82) is 0 Å². The Bertz CT molecular complexity index is 375. The van der Waals surface area contributed by atoms with Gasteiger partial charge in [-0.25, -0.2) is 0 Å². The van der Waals surface area contributed by atoms with Crippen molar-refractivity contribution in [3.8, 4) is 0 Å². The van der Waals surface area contributed by atoms with Crippen LogP contribution in [0.2, 0.25) is 0 Å². The van der Waals surface area contributed by atoms with Crippen molar-refractivity contribution >= 4 is 0 Å². The standard InChI is InChI=1S/C13H24N4/c1-10(2)9-17-11(8-14)15-16-12(17)13(3)6-4-5-7-13/h10H,4-9,14H2,1-3H3. The molecule has 0 saturated heterocycles. The SMILES string of the molecule is CC(C)Cn1c(CN)nnc1C1(C)CCCC1. The van der Waals surface area contributed by atoms with Crippen molar-refractivity contribution in [3.63, 3.8) is 0 Å². The van der Waals surface area contributed by atoms with Gasteiger partial charge in [-0.15, -0.1) is 10.2 Å². The molecule has 96 valence electrons. The molecule has 2 N–H and O–H groups in total. The summed E-state index contributed by atoms with van der Waals surface area (Å²) in [5, 5.41) is 8.69. The van der Waals surface area contributed by atoms with Crippen LogP contribution in [0, 0.1) is 5.92 Å². The van der Waals surface area contributed by atoms with Crippen LogP contribution in [0.15, 0.2) is 0 Å². The molecule has 0 spiro atoms. The van der Waals surface area contributed by atoms with Crippen molar-refractivity contribution in [2.45, 2.75) is 65.0 Å². The third-order valence-corrected chi connectivity index (χ3v) is 3.80. The second-order valence-electron chi connectivity index (χ2n) is 5.92. The van der Waals surface area contributed by atoms with Crippen molar-refractivity contribution < 1.29 is 0 Å². The summed E-state index contributed by atoms with van der Waals surface area (Å²) >= 11 is 0. The zero-order valence-corrected chi connectivity index (χ0v) is 11.2. The van der Waals surface area contributed by atoms with Gasteiger partial charge in [0.05, 0.1) is 6.54 Å². The maximum atomic E-state index is 5.76. The van der Waals surface area contributed by atoms with Gasteiger partial charge in [0, 0.05) is 12.0 Å². The summed E-state index contributed by atoms with van der Waals surface area (Å²) in [4.78, 5) is 0. The predicted octanol–water partition coefficient (Wildman–Crippen LogP) is 2.22. The highest BCUT2D eigenvalue weighted by Gasteiger charge is 2.35. The average molecular weight is 236 g/mol. The molecule has 4 nitrogen and oxygen atoms in total. The molecule has 4 heteroatoms. The zero-order valence-electron chi connectivity index (χ0n) is 11.2. The number of aromatic nitrogens is 3. The Labute approximate surface area is 104 Å². The second kappa shape index (κ2) is 4.77. The Kier molecular flexibility index (Phi) is 3.52. The van der Waals surface area contributed by atoms with E-state index in [9.17, 15) is 0 Å². The minimum absolute atomic E-state index is 0.218. The first kappa shape index (κ1) is 12.6. The van der Waals surface area contributed by atoms with Gasteiger partial charge in [-0.05, 0) is 18.8 Å². The number of nitrogens with two attached hydrogens (primary N) is 1. The van der Waals surface area contributed by atoms with E-state index in [-0.39, 0.29) is 5.41 Å². The summed E-state index contributed by atoms with van der Waals surface area (Å²) in [6.45, 7) is 8.23. The van der Waals surface area contributed by atoms with E-state index in [1.807, 2.05) is 0 Å². The molecule has 1 aromatic heterocycles. The van der Waals surface area contributed by atoms with Crippen molar-refractivity contribution in [2.24, 2.45) is 11.7 Å². The third kappa shape index (κ3) is 2.37. The Balaban J connectivity index is 2.36. The number of rotatable bonds is 4. The monoisotopic (exact) mass is 236 g/mol. The molecule has 1 aliphatic rings. The van der Waals surface area contributed by atoms with E-state index in [1.165, 1.54) is 25.7 Å². The van der Waals surface area contributed by atoms with Gasteiger partial charge in [0.25, 0.3) is 0 Å². The smallest absolute Gasteiger partial charge is 0.146 e. The second-order valence-corrected chi connectivity index (χ2v) is 5.92. The molecule has 0 radical (unpaired) electrons. The van der Waals surface area contributed by atoms with E-state index < -0.39 is 0 Å².